The molecule has 0 bridgehead atoms. The Balaban J connectivity index is 2.07. The van der Waals surface area contributed by atoms with Crippen molar-refractivity contribution in [2.75, 3.05) is 18.6 Å². The van der Waals surface area contributed by atoms with E-state index in [1.165, 1.54) is 19.3 Å². The van der Waals surface area contributed by atoms with Crippen molar-refractivity contribution < 1.29 is 9.53 Å². The summed E-state index contributed by atoms with van der Waals surface area (Å²) in [5.41, 5.74) is 2.30. The first kappa shape index (κ1) is 15.8. The summed E-state index contributed by atoms with van der Waals surface area (Å²) >= 11 is 0. The molecule has 0 spiro atoms. The molecule has 1 aliphatic carbocycles. The number of ether oxygens (including phenoxy) is 1. The number of aromatic amines is 1. The molecule has 1 N–H and O–H groups in total. The molecule has 5 heteroatoms. The van der Waals surface area contributed by atoms with Crippen molar-refractivity contribution in [3.05, 3.63) is 24.0 Å². The highest BCUT2D eigenvalue weighted by Gasteiger charge is 2.29. The molecule has 1 saturated carbocycles. The largest absolute Gasteiger partial charge is 0.462 e. The van der Waals surface area contributed by atoms with Crippen molar-refractivity contribution in [3.8, 4) is 0 Å². The molecule has 124 valence electrons. The first-order valence-electron chi connectivity index (χ1n) is 8.49. The van der Waals surface area contributed by atoms with Crippen LogP contribution in [0.4, 0.5) is 5.69 Å². The fourth-order valence-electron chi connectivity index (χ4n) is 3.77. The molecule has 2 aromatic rings. The van der Waals surface area contributed by atoms with Crippen LogP contribution in [0, 0.1) is 5.92 Å². The molecule has 1 aliphatic rings. The van der Waals surface area contributed by atoms with Crippen molar-refractivity contribution in [1.29, 1.82) is 0 Å². The predicted molar refractivity (Wildman–Crippen MR) is 91.9 cm³/mol. The van der Waals surface area contributed by atoms with Crippen molar-refractivity contribution >= 4 is 22.7 Å². The van der Waals surface area contributed by atoms with Crippen LogP contribution in [0.1, 0.15) is 49.9 Å². The van der Waals surface area contributed by atoms with Gasteiger partial charge >= 0.3 is 5.97 Å². The van der Waals surface area contributed by atoms with E-state index in [0.717, 1.165) is 23.1 Å². The molecule has 2 heterocycles. The quantitative estimate of drug-likeness (QED) is 0.873. The molecule has 3 rings (SSSR count). The number of pyridine rings is 1. The van der Waals surface area contributed by atoms with Gasteiger partial charge in [0, 0.05) is 30.9 Å². The molecule has 0 aromatic carbocycles. The number of H-pyrrole nitrogens is 1. The fraction of sp³-hybridized carbons (Fsp3) is 0.556. The number of nitrogens with zero attached hydrogens (tertiary/aromatic N) is 2. The highest BCUT2D eigenvalue weighted by Crippen LogP contribution is 2.35. The zero-order chi connectivity index (χ0) is 16.4. The smallest absolute Gasteiger partial charge is 0.341 e. The Kier molecular flexibility index (Phi) is 4.55. The van der Waals surface area contributed by atoms with E-state index in [2.05, 4.69) is 28.8 Å². The van der Waals surface area contributed by atoms with Gasteiger partial charge in [-0.05, 0) is 31.7 Å². The van der Waals surface area contributed by atoms with Crippen molar-refractivity contribution in [3.63, 3.8) is 0 Å². The summed E-state index contributed by atoms with van der Waals surface area (Å²) < 4.78 is 5.24. The molecule has 0 amide bonds. The molecule has 5 nitrogen and oxygen atoms in total. The summed E-state index contributed by atoms with van der Waals surface area (Å²) in [6.45, 7) is 4.50. The number of nitrogens with one attached hydrogen (secondary N) is 1. The summed E-state index contributed by atoms with van der Waals surface area (Å²) in [6.07, 6.45) is 8.45. The minimum absolute atomic E-state index is 0.298. The van der Waals surface area contributed by atoms with Crippen LogP contribution in [0.2, 0.25) is 0 Å². The second-order valence-electron chi connectivity index (χ2n) is 6.42. The van der Waals surface area contributed by atoms with E-state index in [4.69, 9.17) is 4.74 Å². The predicted octanol–water partition coefficient (Wildman–Crippen LogP) is 3.75. The van der Waals surface area contributed by atoms with Gasteiger partial charge in [-0.15, -0.1) is 0 Å². The first-order valence-corrected chi connectivity index (χ1v) is 8.49. The zero-order valence-electron chi connectivity index (χ0n) is 14.1. The van der Waals surface area contributed by atoms with Gasteiger partial charge in [0.25, 0.3) is 0 Å². The van der Waals surface area contributed by atoms with Gasteiger partial charge in [-0.3, -0.25) is 0 Å². The molecule has 0 aliphatic heterocycles. The number of hydrogen-bond donors (Lipinski definition) is 1. The van der Waals surface area contributed by atoms with E-state index < -0.39 is 0 Å². The zero-order valence-corrected chi connectivity index (χ0v) is 14.1. The molecule has 0 saturated heterocycles. The maximum Gasteiger partial charge on any atom is 0.341 e. The molecule has 0 unspecified atom stereocenters. The third-order valence-corrected chi connectivity index (χ3v) is 4.97. The number of esters is 1. The number of fused-ring (bicyclic) bond motifs is 1. The molecular weight excluding hydrogens is 290 g/mol. The van der Waals surface area contributed by atoms with Crippen molar-refractivity contribution in [1.82, 2.24) is 9.97 Å². The number of anilines is 1. The van der Waals surface area contributed by atoms with Crippen molar-refractivity contribution in [2.24, 2.45) is 5.92 Å². The molecule has 2 atom stereocenters. The minimum atomic E-state index is -0.298. The minimum Gasteiger partial charge on any atom is -0.462 e. The van der Waals surface area contributed by atoms with Gasteiger partial charge in [0.15, 0.2) is 0 Å². The highest BCUT2D eigenvalue weighted by molar-refractivity contribution is 6.04. The van der Waals surface area contributed by atoms with Crippen LogP contribution in [0.3, 0.4) is 0 Å². The lowest BCUT2D eigenvalue weighted by Gasteiger charge is -2.38. The monoisotopic (exact) mass is 315 g/mol. The van der Waals surface area contributed by atoms with Crippen LogP contribution in [0.5, 0.6) is 0 Å². The Labute approximate surface area is 137 Å². The maximum absolute atomic E-state index is 12.4. The number of rotatable bonds is 4. The second kappa shape index (κ2) is 6.60. The molecular formula is C18H25N3O2. The van der Waals surface area contributed by atoms with Crippen LogP contribution in [0.25, 0.3) is 11.0 Å². The van der Waals surface area contributed by atoms with Gasteiger partial charge in [-0.25, -0.2) is 9.78 Å². The van der Waals surface area contributed by atoms with E-state index in [9.17, 15) is 4.79 Å². The van der Waals surface area contributed by atoms with Gasteiger partial charge < -0.3 is 14.6 Å². The molecule has 1 fully saturated rings. The van der Waals surface area contributed by atoms with Gasteiger partial charge in [0.1, 0.15) is 11.2 Å². The van der Waals surface area contributed by atoms with E-state index >= 15 is 0 Å². The van der Waals surface area contributed by atoms with Crippen LogP contribution < -0.4 is 4.90 Å². The van der Waals surface area contributed by atoms with E-state index in [0.29, 0.717) is 24.1 Å². The van der Waals surface area contributed by atoms with Gasteiger partial charge in [-0.1, -0.05) is 19.8 Å². The number of hydrogen-bond acceptors (Lipinski definition) is 4. The molecule has 2 aromatic heterocycles. The Hall–Kier alpha value is -2.04. The van der Waals surface area contributed by atoms with Gasteiger partial charge in [0.05, 0.1) is 12.3 Å². The van der Waals surface area contributed by atoms with Crippen molar-refractivity contribution in [2.45, 2.75) is 45.6 Å². The fourth-order valence-corrected chi connectivity index (χ4v) is 3.77. The molecule has 23 heavy (non-hydrogen) atoms. The standard InChI is InChI=1S/C18H25N3O2/c1-4-23-18(22)14-11-20-17-13(9-10-19-17)16(14)21(3)15-8-6-5-7-12(15)2/h9-12,15H,4-8H2,1-3H3,(H,19,20)/t12-,15+/m1/s1. The average molecular weight is 315 g/mol. The maximum atomic E-state index is 12.4. The Morgan fingerprint density at radius 3 is 2.96 bits per heavy atom. The SMILES string of the molecule is CCOC(=O)c1cnc2[nH]ccc2c1N(C)[C@H]1CCCC[C@H]1C. The Morgan fingerprint density at radius 2 is 2.22 bits per heavy atom. The van der Waals surface area contributed by atoms with Crippen LogP contribution in [-0.2, 0) is 4.74 Å². The Bertz CT molecular complexity index is 695. The van der Waals surface area contributed by atoms with Gasteiger partial charge in [-0.2, -0.15) is 0 Å². The average Bonchev–Trinajstić information content (AvgIpc) is 3.02. The summed E-state index contributed by atoms with van der Waals surface area (Å²) in [4.78, 5) is 22.2. The topological polar surface area (TPSA) is 58.2 Å². The lowest BCUT2D eigenvalue weighted by atomic mass is 9.84. The number of carbonyl (C=O) groups is 1. The van der Waals surface area contributed by atoms with Crippen LogP contribution in [0.15, 0.2) is 18.5 Å². The third kappa shape index (κ3) is 2.92. The van der Waals surface area contributed by atoms with Crippen LogP contribution in [-0.4, -0.2) is 35.6 Å². The van der Waals surface area contributed by atoms with E-state index in [-0.39, 0.29) is 5.97 Å². The Morgan fingerprint density at radius 1 is 1.43 bits per heavy atom. The van der Waals surface area contributed by atoms with E-state index in [1.807, 2.05) is 19.2 Å². The summed E-state index contributed by atoms with van der Waals surface area (Å²) in [5.74, 6) is 0.319. The molecule has 0 radical (unpaired) electrons. The summed E-state index contributed by atoms with van der Waals surface area (Å²) in [5, 5.41) is 0.982. The number of aromatic nitrogens is 2. The van der Waals surface area contributed by atoms with Gasteiger partial charge in [0.2, 0.25) is 0 Å². The third-order valence-electron chi connectivity index (χ3n) is 4.97. The van der Waals surface area contributed by atoms with E-state index in [1.54, 1.807) is 6.20 Å². The summed E-state index contributed by atoms with van der Waals surface area (Å²) in [6, 6.07) is 2.43. The lowest BCUT2D eigenvalue weighted by molar-refractivity contribution is 0.0526. The second-order valence-corrected chi connectivity index (χ2v) is 6.42. The summed E-state index contributed by atoms with van der Waals surface area (Å²) in [7, 11) is 2.09. The number of carbonyl (C=O) groups excluding carboxylic acids is 1. The highest BCUT2D eigenvalue weighted by atomic mass is 16.5. The van der Waals surface area contributed by atoms with Crippen LogP contribution >= 0.6 is 0 Å². The normalized spacial score (nSPS) is 21.3. The lowest BCUT2D eigenvalue weighted by Crippen LogP contribution is -2.40. The first-order chi connectivity index (χ1) is 11.1.